The molecule has 0 radical (unpaired) electrons. The van der Waals surface area contributed by atoms with Crippen LogP contribution in [0.3, 0.4) is 0 Å². The van der Waals surface area contributed by atoms with Crippen molar-refractivity contribution in [1.82, 2.24) is 4.90 Å². The number of thioether (sulfide) groups is 1. The molecule has 1 fully saturated rings. The standard InChI is InChI=1S/C22H19ClN2O6S/c1-2-30-20(27)12-25-21(28)18(32-22(25)29)11-14-7-3-6-10-17(14)31-13-19(26)24-16-9-5-4-8-15(16)23/h3-11H,2,12-13H2,1H3,(H,24,26)/b18-11-. The lowest BCUT2D eigenvalue weighted by molar-refractivity contribution is -0.146. The van der Waals surface area contributed by atoms with E-state index in [1.54, 1.807) is 55.5 Å². The van der Waals surface area contributed by atoms with Crippen LogP contribution >= 0.6 is 23.4 Å². The van der Waals surface area contributed by atoms with E-state index in [9.17, 15) is 19.2 Å². The summed E-state index contributed by atoms with van der Waals surface area (Å²) in [5.41, 5.74) is 0.964. The molecule has 2 aromatic carbocycles. The molecular formula is C22H19ClN2O6S. The van der Waals surface area contributed by atoms with E-state index in [1.807, 2.05) is 0 Å². The van der Waals surface area contributed by atoms with Crippen LogP contribution in [0.15, 0.2) is 53.4 Å². The lowest BCUT2D eigenvalue weighted by Crippen LogP contribution is -2.34. The van der Waals surface area contributed by atoms with Gasteiger partial charge in [0.15, 0.2) is 6.61 Å². The number of halogens is 1. The Balaban J connectivity index is 1.68. The normalized spacial score (nSPS) is 14.6. The van der Waals surface area contributed by atoms with Crippen molar-refractivity contribution < 1.29 is 28.7 Å². The zero-order valence-electron chi connectivity index (χ0n) is 17.0. The second-order valence-corrected chi connectivity index (χ2v) is 7.83. The molecule has 0 atom stereocenters. The molecule has 3 rings (SSSR count). The molecule has 32 heavy (non-hydrogen) atoms. The third-order valence-electron chi connectivity index (χ3n) is 4.18. The number of para-hydroxylation sites is 2. The van der Waals surface area contributed by atoms with Gasteiger partial charge in [0, 0.05) is 5.56 Å². The van der Waals surface area contributed by atoms with Crippen LogP contribution < -0.4 is 10.1 Å². The smallest absolute Gasteiger partial charge is 0.326 e. The molecule has 1 saturated heterocycles. The molecule has 0 saturated carbocycles. The summed E-state index contributed by atoms with van der Waals surface area (Å²) in [6, 6.07) is 13.6. The first-order valence-corrected chi connectivity index (χ1v) is 10.8. The fourth-order valence-electron chi connectivity index (χ4n) is 2.74. The van der Waals surface area contributed by atoms with Crippen molar-refractivity contribution in [2.75, 3.05) is 25.1 Å². The predicted octanol–water partition coefficient (Wildman–Crippen LogP) is 3.96. The fraction of sp³-hybridized carbons (Fsp3) is 0.182. The van der Waals surface area contributed by atoms with Crippen LogP contribution in [0.4, 0.5) is 10.5 Å². The second kappa shape index (κ2) is 10.8. The number of carbonyl (C=O) groups excluding carboxylic acids is 4. The number of rotatable bonds is 8. The average Bonchev–Trinajstić information content (AvgIpc) is 3.02. The number of ether oxygens (including phenoxy) is 2. The first kappa shape index (κ1) is 23.4. The molecular weight excluding hydrogens is 456 g/mol. The average molecular weight is 475 g/mol. The first-order valence-electron chi connectivity index (χ1n) is 9.56. The van der Waals surface area contributed by atoms with Crippen LogP contribution in [0.5, 0.6) is 5.75 Å². The Bertz CT molecular complexity index is 1090. The molecule has 2 aromatic rings. The minimum Gasteiger partial charge on any atom is -0.483 e. The van der Waals surface area contributed by atoms with Gasteiger partial charge in [-0.1, -0.05) is 41.9 Å². The Kier molecular flexibility index (Phi) is 7.91. The van der Waals surface area contributed by atoms with Crippen LogP contribution in [0.2, 0.25) is 5.02 Å². The van der Waals surface area contributed by atoms with Crippen molar-refractivity contribution in [3.63, 3.8) is 0 Å². The van der Waals surface area contributed by atoms with E-state index in [0.29, 0.717) is 33.8 Å². The van der Waals surface area contributed by atoms with Crippen molar-refractivity contribution in [3.05, 3.63) is 64.0 Å². The Labute approximate surface area is 193 Å². The summed E-state index contributed by atoms with van der Waals surface area (Å²) in [5, 5.41) is 2.49. The summed E-state index contributed by atoms with van der Waals surface area (Å²) in [6.45, 7) is 1.05. The molecule has 0 aliphatic carbocycles. The topological polar surface area (TPSA) is 102 Å². The monoisotopic (exact) mass is 474 g/mol. The molecule has 166 valence electrons. The highest BCUT2D eigenvalue weighted by atomic mass is 35.5. The number of benzene rings is 2. The van der Waals surface area contributed by atoms with Crippen molar-refractivity contribution in [3.8, 4) is 5.75 Å². The van der Waals surface area contributed by atoms with Gasteiger partial charge in [-0.05, 0) is 43.0 Å². The van der Waals surface area contributed by atoms with Crippen LogP contribution in [-0.4, -0.2) is 47.7 Å². The Morgan fingerprint density at radius 1 is 1.12 bits per heavy atom. The first-order chi connectivity index (χ1) is 15.4. The lowest BCUT2D eigenvalue weighted by Gasteiger charge is -2.11. The maximum atomic E-state index is 12.6. The SMILES string of the molecule is CCOC(=O)CN1C(=O)S/C(=C\c2ccccc2OCC(=O)Nc2ccccc2Cl)C1=O. The number of hydrogen-bond acceptors (Lipinski definition) is 7. The summed E-state index contributed by atoms with van der Waals surface area (Å²) in [5.74, 6) is -1.33. The molecule has 1 aliphatic rings. The van der Waals surface area contributed by atoms with Gasteiger partial charge in [-0.3, -0.25) is 24.1 Å². The Hall–Kier alpha value is -3.30. The molecule has 0 spiro atoms. The number of nitrogens with one attached hydrogen (secondary N) is 1. The van der Waals surface area contributed by atoms with E-state index in [1.165, 1.54) is 6.08 Å². The zero-order valence-corrected chi connectivity index (χ0v) is 18.6. The van der Waals surface area contributed by atoms with Crippen molar-refractivity contribution in [1.29, 1.82) is 0 Å². The van der Waals surface area contributed by atoms with E-state index in [4.69, 9.17) is 21.1 Å². The maximum Gasteiger partial charge on any atom is 0.326 e. The quantitative estimate of drug-likeness (QED) is 0.456. The molecule has 10 heteroatoms. The molecule has 0 unspecified atom stereocenters. The minimum atomic E-state index is -0.663. The summed E-state index contributed by atoms with van der Waals surface area (Å²) in [7, 11) is 0. The summed E-state index contributed by atoms with van der Waals surface area (Å²) in [4.78, 5) is 49.5. The maximum absolute atomic E-state index is 12.6. The molecule has 0 aromatic heterocycles. The third-order valence-corrected chi connectivity index (χ3v) is 5.42. The lowest BCUT2D eigenvalue weighted by atomic mass is 10.2. The highest BCUT2D eigenvalue weighted by Crippen LogP contribution is 2.34. The highest BCUT2D eigenvalue weighted by Gasteiger charge is 2.36. The predicted molar refractivity (Wildman–Crippen MR) is 121 cm³/mol. The summed E-state index contributed by atoms with van der Waals surface area (Å²) in [6.07, 6.45) is 1.48. The minimum absolute atomic E-state index is 0.135. The van der Waals surface area contributed by atoms with E-state index in [-0.39, 0.29) is 18.1 Å². The van der Waals surface area contributed by atoms with Crippen LogP contribution in [0.25, 0.3) is 6.08 Å². The van der Waals surface area contributed by atoms with Gasteiger partial charge in [-0.25, -0.2) is 0 Å². The number of carbonyl (C=O) groups is 4. The van der Waals surface area contributed by atoms with Crippen molar-refractivity contribution in [2.45, 2.75) is 6.92 Å². The van der Waals surface area contributed by atoms with Crippen LogP contribution in [0, 0.1) is 0 Å². The molecule has 8 nitrogen and oxygen atoms in total. The van der Waals surface area contributed by atoms with Gasteiger partial charge in [0.1, 0.15) is 12.3 Å². The summed E-state index contributed by atoms with van der Waals surface area (Å²) >= 11 is 6.75. The van der Waals surface area contributed by atoms with E-state index in [2.05, 4.69) is 5.32 Å². The number of amides is 3. The highest BCUT2D eigenvalue weighted by molar-refractivity contribution is 8.18. The van der Waals surface area contributed by atoms with Crippen LogP contribution in [0.1, 0.15) is 12.5 Å². The van der Waals surface area contributed by atoms with E-state index in [0.717, 1.165) is 4.90 Å². The molecule has 1 aliphatic heterocycles. The largest absolute Gasteiger partial charge is 0.483 e. The van der Waals surface area contributed by atoms with Gasteiger partial charge in [0.2, 0.25) is 0 Å². The van der Waals surface area contributed by atoms with Gasteiger partial charge >= 0.3 is 5.97 Å². The Morgan fingerprint density at radius 2 is 1.84 bits per heavy atom. The number of nitrogens with zero attached hydrogens (tertiary/aromatic N) is 1. The van der Waals surface area contributed by atoms with Gasteiger partial charge < -0.3 is 14.8 Å². The zero-order chi connectivity index (χ0) is 23.1. The fourth-order valence-corrected chi connectivity index (χ4v) is 3.75. The van der Waals surface area contributed by atoms with Gasteiger partial charge in [-0.2, -0.15) is 0 Å². The molecule has 0 bridgehead atoms. The van der Waals surface area contributed by atoms with Gasteiger partial charge in [-0.15, -0.1) is 0 Å². The number of imide groups is 1. The van der Waals surface area contributed by atoms with E-state index < -0.39 is 29.6 Å². The number of hydrogen-bond donors (Lipinski definition) is 1. The third kappa shape index (κ3) is 5.89. The van der Waals surface area contributed by atoms with Crippen molar-refractivity contribution in [2.24, 2.45) is 0 Å². The van der Waals surface area contributed by atoms with Gasteiger partial charge in [0.25, 0.3) is 17.1 Å². The van der Waals surface area contributed by atoms with Crippen LogP contribution in [-0.2, 0) is 19.1 Å². The van der Waals surface area contributed by atoms with Gasteiger partial charge in [0.05, 0.1) is 22.2 Å². The molecule has 3 amide bonds. The van der Waals surface area contributed by atoms with E-state index >= 15 is 0 Å². The molecule has 1 N–H and O–H groups in total. The van der Waals surface area contributed by atoms with Crippen molar-refractivity contribution >= 4 is 58.1 Å². The summed E-state index contributed by atoms with van der Waals surface area (Å²) < 4.78 is 10.4. The number of esters is 1. The Morgan fingerprint density at radius 3 is 2.59 bits per heavy atom. The second-order valence-electron chi connectivity index (χ2n) is 6.43. The molecule has 1 heterocycles. The number of anilines is 1.